The van der Waals surface area contributed by atoms with Crippen molar-refractivity contribution in [1.82, 2.24) is 4.90 Å². The molecular formula is C18H23BrN2O3. The van der Waals surface area contributed by atoms with Gasteiger partial charge in [0.25, 0.3) is 0 Å². The quantitative estimate of drug-likeness (QED) is 0.856. The largest absolute Gasteiger partial charge is 0.378 e. The van der Waals surface area contributed by atoms with E-state index in [0.29, 0.717) is 26.3 Å². The first-order valence-corrected chi connectivity index (χ1v) is 9.36. The first-order chi connectivity index (χ1) is 11.6. The molecule has 2 fully saturated rings. The normalized spacial score (nSPS) is 24.5. The first kappa shape index (κ1) is 17.4. The molecule has 5 nitrogen and oxygen atoms in total. The third-order valence-corrected chi connectivity index (χ3v) is 5.36. The Morgan fingerprint density at radius 1 is 1.08 bits per heavy atom. The minimum Gasteiger partial charge on any atom is -0.378 e. The summed E-state index contributed by atoms with van der Waals surface area (Å²) in [4.78, 5) is 26.9. The van der Waals surface area contributed by atoms with E-state index in [-0.39, 0.29) is 23.7 Å². The van der Waals surface area contributed by atoms with E-state index >= 15 is 0 Å². The molecule has 1 N–H and O–H groups in total. The average molecular weight is 395 g/mol. The molecule has 6 heteroatoms. The van der Waals surface area contributed by atoms with Crippen LogP contribution in [0.3, 0.4) is 0 Å². The number of benzene rings is 1. The molecule has 1 saturated carbocycles. The van der Waals surface area contributed by atoms with Crippen LogP contribution in [0, 0.1) is 11.8 Å². The maximum absolute atomic E-state index is 12.5. The van der Waals surface area contributed by atoms with E-state index in [1.165, 1.54) is 0 Å². The van der Waals surface area contributed by atoms with Crippen molar-refractivity contribution in [3.8, 4) is 0 Å². The molecule has 1 aliphatic carbocycles. The molecular weight excluding hydrogens is 372 g/mol. The zero-order valence-corrected chi connectivity index (χ0v) is 15.3. The molecule has 1 saturated heterocycles. The predicted molar refractivity (Wildman–Crippen MR) is 95.6 cm³/mol. The molecule has 1 aromatic carbocycles. The van der Waals surface area contributed by atoms with Crippen LogP contribution in [0.2, 0.25) is 0 Å². The molecule has 3 rings (SSSR count). The Kier molecular flexibility index (Phi) is 5.89. The monoisotopic (exact) mass is 394 g/mol. The first-order valence-electron chi connectivity index (χ1n) is 8.56. The summed E-state index contributed by atoms with van der Waals surface area (Å²) in [6, 6.07) is 7.61. The van der Waals surface area contributed by atoms with Gasteiger partial charge >= 0.3 is 0 Å². The fraction of sp³-hybridized carbons (Fsp3) is 0.556. The van der Waals surface area contributed by atoms with E-state index < -0.39 is 0 Å². The number of halogens is 1. The fourth-order valence-electron chi connectivity index (χ4n) is 3.46. The van der Waals surface area contributed by atoms with Crippen LogP contribution >= 0.6 is 15.9 Å². The zero-order chi connectivity index (χ0) is 16.9. The lowest BCUT2D eigenvalue weighted by molar-refractivity contribution is -0.141. The Labute approximate surface area is 150 Å². The van der Waals surface area contributed by atoms with Crippen molar-refractivity contribution < 1.29 is 14.3 Å². The van der Waals surface area contributed by atoms with Gasteiger partial charge in [-0.15, -0.1) is 0 Å². The van der Waals surface area contributed by atoms with E-state index in [0.717, 1.165) is 35.8 Å². The van der Waals surface area contributed by atoms with Gasteiger partial charge in [-0.1, -0.05) is 22.0 Å². The lowest BCUT2D eigenvalue weighted by Crippen LogP contribution is -2.44. The van der Waals surface area contributed by atoms with Gasteiger partial charge in [0.2, 0.25) is 11.8 Å². The highest BCUT2D eigenvalue weighted by molar-refractivity contribution is 9.10. The van der Waals surface area contributed by atoms with E-state index in [1.807, 2.05) is 29.2 Å². The van der Waals surface area contributed by atoms with Crippen LogP contribution in [-0.2, 0) is 14.3 Å². The van der Waals surface area contributed by atoms with E-state index in [2.05, 4.69) is 21.2 Å². The van der Waals surface area contributed by atoms with Gasteiger partial charge in [0.15, 0.2) is 0 Å². The smallest absolute Gasteiger partial charge is 0.227 e. The lowest BCUT2D eigenvalue weighted by Gasteiger charge is -2.33. The number of nitrogens with zero attached hydrogens (tertiary/aromatic N) is 1. The fourth-order valence-corrected chi connectivity index (χ4v) is 3.85. The SMILES string of the molecule is O=C(Nc1cccc(Br)c1)C1CCC(C(=O)N2CCOCC2)CC1. The zero-order valence-electron chi connectivity index (χ0n) is 13.7. The summed E-state index contributed by atoms with van der Waals surface area (Å²) in [5.74, 6) is 0.366. The van der Waals surface area contributed by atoms with Gasteiger partial charge in [0.05, 0.1) is 13.2 Å². The summed E-state index contributed by atoms with van der Waals surface area (Å²) in [6.45, 7) is 2.66. The van der Waals surface area contributed by atoms with Crippen molar-refractivity contribution in [3.05, 3.63) is 28.7 Å². The van der Waals surface area contributed by atoms with Crippen molar-refractivity contribution in [3.63, 3.8) is 0 Å². The average Bonchev–Trinajstić information content (AvgIpc) is 2.62. The summed E-state index contributed by atoms with van der Waals surface area (Å²) in [5, 5.41) is 2.98. The van der Waals surface area contributed by atoms with E-state index in [1.54, 1.807) is 0 Å². The molecule has 0 bridgehead atoms. The number of carbonyl (C=O) groups is 2. The van der Waals surface area contributed by atoms with Gasteiger partial charge in [-0.05, 0) is 43.9 Å². The highest BCUT2D eigenvalue weighted by Crippen LogP contribution is 2.31. The van der Waals surface area contributed by atoms with Gasteiger partial charge in [0.1, 0.15) is 0 Å². The van der Waals surface area contributed by atoms with Crippen molar-refractivity contribution >= 4 is 33.4 Å². The standard InChI is InChI=1S/C18H23BrN2O3/c19-15-2-1-3-16(12-15)20-17(22)13-4-6-14(7-5-13)18(23)21-8-10-24-11-9-21/h1-3,12-14H,4-11H2,(H,20,22). The summed E-state index contributed by atoms with van der Waals surface area (Å²) in [7, 11) is 0. The number of carbonyl (C=O) groups excluding carboxylic acids is 2. The van der Waals surface area contributed by atoms with Crippen LogP contribution in [-0.4, -0.2) is 43.0 Å². The Balaban J connectivity index is 1.49. The summed E-state index contributed by atoms with van der Waals surface area (Å²) < 4.78 is 6.25. The Morgan fingerprint density at radius 3 is 2.42 bits per heavy atom. The molecule has 0 spiro atoms. The lowest BCUT2D eigenvalue weighted by atomic mass is 9.81. The van der Waals surface area contributed by atoms with Gasteiger partial charge < -0.3 is 15.0 Å². The maximum Gasteiger partial charge on any atom is 0.227 e. The molecule has 0 unspecified atom stereocenters. The molecule has 0 atom stereocenters. The number of hydrogen-bond donors (Lipinski definition) is 1. The molecule has 130 valence electrons. The van der Waals surface area contributed by atoms with Gasteiger partial charge in [0, 0.05) is 35.1 Å². The molecule has 0 aromatic heterocycles. The van der Waals surface area contributed by atoms with E-state index in [9.17, 15) is 9.59 Å². The number of rotatable bonds is 3. The molecule has 1 aliphatic heterocycles. The highest BCUT2D eigenvalue weighted by Gasteiger charge is 2.32. The second-order valence-corrected chi connectivity index (χ2v) is 7.40. The van der Waals surface area contributed by atoms with Gasteiger partial charge in [-0.3, -0.25) is 9.59 Å². The number of ether oxygens (including phenoxy) is 1. The predicted octanol–water partition coefficient (Wildman–Crippen LogP) is 3.05. The topological polar surface area (TPSA) is 58.6 Å². The Bertz CT molecular complexity index is 594. The minimum absolute atomic E-state index is 0.00211. The molecule has 2 amide bonds. The van der Waals surface area contributed by atoms with Crippen molar-refractivity contribution in [2.24, 2.45) is 11.8 Å². The highest BCUT2D eigenvalue weighted by atomic mass is 79.9. The van der Waals surface area contributed by atoms with Crippen LogP contribution in [0.5, 0.6) is 0 Å². The van der Waals surface area contributed by atoms with Crippen molar-refractivity contribution in [1.29, 1.82) is 0 Å². The third-order valence-electron chi connectivity index (χ3n) is 4.86. The summed E-state index contributed by atoms with van der Waals surface area (Å²) in [6.07, 6.45) is 3.15. The number of morpholine rings is 1. The molecule has 24 heavy (non-hydrogen) atoms. The molecule has 1 heterocycles. The van der Waals surface area contributed by atoms with Crippen LogP contribution < -0.4 is 5.32 Å². The maximum atomic E-state index is 12.5. The second kappa shape index (κ2) is 8.12. The second-order valence-electron chi connectivity index (χ2n) is 6.49. The molecule has 1 aromatic rings. The molecule has 0 radical (unpaired) electrons. The number of anilines is 1. The van der Waals surface area contributed by atoms with Crippen LogP contribution in [0.4, 0.5) is 5.69 Å². The number of nitrogens with one attached hydrogen (secondary N) is 1. The van der Waals surface area contributed by atoms with Crippen molar-refractivity contribution in [2.45, 2.75) is 25.7 Å². The van der Waals surface area contributed by atoms with Crippen LogP contribution in [0.1, 0.15) is 25.7 Å². The van der Waals surface area contributed by atoms with Gasteiger partial charge in [-0.25, -0.2) is 0 Å². The number of hydrogen-bond acceptors (Lipinski definition) is 3. The minimum atomic E-state index is -0.00211. The van der Waals surface area contributed by atoms with Gasteiger partial charge in [-0.2, -0.15) is 0 Å². The summed E-state index contributed by atoms with van der Waals surface area (Å²) in [5.41, 5.74) is 0.806. The third kappa shape index (κ3) is 4.36. The Morgan fingerprint density at radius 2 is 1.75 bits per heavy atom. The van der Waals surface area contributed by atoms with E-state index in [4.69, 9.17) is 4.74 Å². The van der Waals surface area contributed by atoms with Crippen LogP contribution in [0.25, 0.3) is 0 Å². The Hall–Kier alpha value is -1.40. The summed E-state index contributed by atoms with van der Waals surface area (Å²) >= 11 is 3.41. The van der Waals surface area contributed by atoms with Crippen molar-refractivity contribution in [2.75, 3.05) is 31.6 Å². The number of amides is 2. The molecule has 2 aliphatic rings. The van der Waals surface area contributed by atoms with Crippen LogP contribution in [0.15, 0.2) is 28.7 Å².